The Labute approximate surface area is 190 Å². The lowest BCUT2D eigenvalue weighted by Gasteiger charge is -2.26. The van der Waals surface area contributed by atoms with Gasteiger partial charge in [0.1, 0.15) is 11.4 Å². The molecule has 1 N–H and O–H groups in total. The monoisotopic (exact) mass is 479 g/mol. The van der Waals surface area contributed by atoms with E-state index in [2.05, 4.69) is 5.32 Å². The predicted octanol–water partition coefficient (Wildman–Crippen LogP) is 1.11. The molecule has 0 spiro atoms. The Morgan fingerprint density at radius 1 is 1.09 bits per heavy atom. The summed E-state index contributed by atoms with van der Waals surface area (Å²) in [6.07, 6.45) is 4.80. The summed E-state index contributed by atoms with van der Waals surface area (Å²) < 4.78 is 32.4. The lowest BCUT2D eigenvalue weighted by atomic mass is 9.85. The van der Waals surface area contributed by atoms with E-state index in [1.807, 2.05) is 12.2 Å². The van der Waals surface area contributed by atoms with Crippen LogP contribution in [0.4, 0.5) is 5.69 Å². The first-order valence-electron chi connectivity index (χ1n) is 10.5. The highest BCUT2D eigenvalue weighted by atomic mass is 35.5. The molecule has 5 rings (SSSR count). The average molecular weight is 480 g/mol. The van der Waals surface area contributed by atoms with Gasteiger partial charge in [0.15, 0.2) is 0 Å². The van der Waals surface area contributed by atoms with Gasteiger partial charge in [0.2, 0.25) is 27.7 Å². The van der Waals surface area contributed by atoms with Crippen molar-refractivity contribution in [1.82, 2.24) is 9.21 Å². The van der Waals surface area contributed by atoms with Gasteiger partial charge in [-0.05, 0) is 36.5 Å². The molecule has 2 bridgehead atoms. The Morgan fingerprint density at radius 3 is 2.34 bits per heavy atom. The molecule has 32 heavy (non-hydrogen) atoms. The van der Waals surface area contributed by atoms with Crippen LogP contribution in [-0.2, 0) is 29.1 Å². The van der Waals surface area contributed by atoms with Crippen molar-refractivity contribution in [2.24, 2.45) is 23.7 Å². The van der Waals surface area contributed by atoms with Gasteiger partial charge in [-0.3, -0.25) is 19.3 Å². The highest BCUT2D eigenvalue weighted by Crippen LogP contribution is 2.52. The van der Waals surface area contributed by atoms with Crippen LogP contribution in [0.2, 0.25) is 5.02 Å². The maximum Gasteiger partial charge on any atom is 0.244 e. The number of allylic oxidation sites excluding steroid dienone is 2. The van der Waals surface area contributed by atoms with Crippen molar-refractivity contribution in [3.05, 3.63) is 35.4 Å². The summed E-state index contributed by atoms with van der Waals surface area (Å²) in [7, 11) is -3.86. The highest BCUT2D eigenvalue weighted by Gasteiger charge is 2.59. The van der Waals surface area contributed by atoms with Gasteiger partial charge in [0.05, 0.1) is 30.1 Å². The molecule has 4 unspecified atom stereocenters. The van der Waals surface area contributed by atoms with Crippen LogP contribution in [-0.4, -0.2) is 68.2 Å². The molecule has 4 atom stereocenters. The number of sulfonamides is 1. The number of nitrogens with zero attached hydrogens (tertiary/aromatic N) is 2. The molecule has 11 heteroatoms. The van der Waals surface area contributed by atoms with Crippen molar-refractivity contribution in [3.8, 4) is 0 Å². The van der Waals surface area contributed by atoms with Crippen molar-refractivity contribution in [2.45, 2.75) is 11.3 Å². The molecule has 3 amide bonds. The summed E-state index contributed by atoms with van der Waals surface area (Å²) in [4.78, 5) is 39.0. The van der Waals surface area contributed by atoms with Crippen LogP contribution in [0.15, 0.2) is 35.2 Å². The number of benzene rings is 1. The van der Waals surface area contributed by atoms with E-state index in [-0.39, 0.29) is 64.2 Å². The van der Waals surface area contributed by atoms with E-state index in [1.54, 1.807) is 0 Å². The third-order valence-electron chi connectivity index (χ3n) is 6.67. The number of amides is 3. The molecule has 2 aliphatic heterocycles. The summed E-state index contributed by atoms with van der Waals surface area (Å²) in [5, 5.41) is 2.63. The maximum absolute atomic E-state index is 13.0. The molecular weight excluding hydrogens is 458 g/mol. The number of hydrogen-bond donors (Lipinski definition) is 1. The van der Waals surface area contributed by atoms with Crippen molar-refractivity contribution in [1.29, 1.82) is 0 Å². The van der Waals surface area contributed by atoms with Crippen molar-refractivity contribution in [3.63, 3.8) is 0 Å². The maximum atomic E-state index is 13.0. The second-order valence-electron chi connectivity index (χ2n) is 8.47. The summed E-state index contributed by atoms with van der Waals surface area (Å²) in [5.41, 5.74) is 0.215. The number of fused-ring (bicyclic) bond motifs is 5. The molecule has 9 nitrogen and oxygen atoms in total. The molecule has 1 aromatic carbocycles. The van der Waals surface area contributed by atoms with Gasteiger partial charge in [-0.25, -0.2) is 8.42 Å². The van der Waals surface area contributed by atoms with Crippen LogP contribution in [0.5, 0.6) is 0 Å². The number of imide groups is 1. The quantitative estimate of drug-likeness (QED) is 0.500. The van der Waals surface area contributed by atoms with Crippen LogP contribution in [0, 0.1) is 23.7 Å². The molecule has 0 radical (unpaired) electrons. The van der Waals surface area contributed by atoms with E-state index in [0.29, 0.717) is 13.2 Å². The first-order valence-corrected chi connectivity index (χ1v) is 12.3. The van der Waals surface area contributed by atoms with Crippen molar-refractivity contribution in [2.75, 3.05) is 38.2 Å². The number of likely N-dealkylation sites (tertiary alicyclic amines) is 1. The number of ether oxygens (including phenoxy) is 1. The van der Waals surface area contributed by atoms with Gasteiger partial charge in [-0.15, -0.1) is 0 Å². The molecule has 3 fully saturated rings. The normalized spacial score (nSPS) is 29.6. The van der Waals surface area contributed by atoms with E-state index in [0.717, 1.165) is 11.3 Å². The average Bonchev–Trinajstić information content (AvgIpc) is 3.46. The minimum Gasteiger partial charge on any atom is -0.379 e. The van der Waals surface area contributed by atoms with Gasteiger partial charge in [0.25, 0.3) is 0 Å². The Kier molecular flexibility index (Phi) is 5.36. The molecular formula is C21H22ClN3O6S. The fourth-order valence-electron chi connectivity index (χ4n) is 5.17. The SMILES string of the molecule is O=C(CN1C(=O)C2C3C=CC(C3)C2C1=O)Nc1ccc(Cl)c(S(=O)(=O)N2CCOCC2)c1. The van der Waals surface area contributed by atoms with E-state index in [4.69, 9.17) is 16.3 Å². The third-order valence-corrected chi connectivity index (χ3v) is 9.05. The first kappa shape index (κ1) is 21.6. The van der Waals surface area contributed by atoms with Gasteiger partial charge in [-0.1, -0.05) is 23.8 Å². The summed E-state index contributed by atoms with van der Waals surface area (Å²) >= 11 is 6.15. The van der Waals surface area contributed by atoms with Crippen LogP contribution >= 0.6 is 11.6 Å². The molecule has 0 aromatic heterocycles. The fourth-order valence-corrected chi connectivity index (χ4v) is 7.08. The highest BCUT2D eigenvalue weighted by molar-refractivity contribution is 7.89. The number of morpholine rings is 1. The number of rotatable bonds is 5. The molecule has 2 aliphatic carbocycles. The van der Waals surface area contributed by atoms with Crippen LogP contribution in [0.1, 0.15) is 6.42 Å². The molecule has 1 saturated carbocycles. The number of anilines is 1. The van der Waals surface area contributed by atoms with Crippen LogP contribution < -0.4 is 5.32 Å². The molecule has 1 aromatic rings. The van der Waals surface area contributed by atoms with Gasteiger partial charge in [-0.2, -0.15) is 4.31 Å². The number of carbonyl (C=O) groups excluding carboxylic acids is 3. The van der Waals surface area contributed by atoms with Crippen molar-refractivity contribution >= 4 is 45.0 Å². The Hall–Kier alpha value is -2.27. The zero-order chi connectivity index (χ0) is 22.6. The summed E-state index contributed by atoms with van der Waals surface area (Å²) in [6.45, 7) is 0.619. The third kappa shape index (κ3) is 3.45. The Balaban J connectivity index is 1.30. The number of carbonyl (C=O) groups is 3. The molecule has 4 aliphatic rings. The Bertz CT molecular complexity index is 1100. The topological polar surface area (TPSA) is 113 Å². The lowest BCUT2D eigenvalue weighted by Crippen LogP contribution is -2.40. The fraction of sp³-hybridized carbons (Fsp3) is 0.476. The van der Waals surface area contributed by atoms with Crippen LogP contribution in [0.3, 0.4) is 0 Å². The zero-order valence-corrected chi connectivity index (χ0v) is 18.6. The minimum atomic E-state index is -3.86. The Morgan fingerprint density at radius 2 is 1.72 bits per heavy atom. The zero-order valence-electron chi connectivity index (χ0n) is 17.1. The van der Waals surface area contributed by atoms with E-state index in [1.165, 1.54) is 22.5 Å². The number of hydrogen-bond acceptors (Lipinski definition) is 6. The van der Waals surface area contributed by atoms with Gasteiger partial charge >= 0.3 is 0 Å². The largest absolute Gasteiger partial charge is 0.379 e. The van der Waals surface area contributed by atoms with Crippen molar-refractivity contribution < 1.29 is 27.5 Å². The van der Waals surface area contributed by atoms with E-state index < -0.39 is 22.5 Å². The van der Waals surface area contributed by atoms with E-state index >= 15 is 0 Å². The number of halogens is 1. The lowest BCUT2D eigenvalue weighted by molar-refractivity contribution is -0.143. The molecule has 170 valence electrons. The standard InChI is InChI=1S/C21H22ClN3O6S/c22-15-4-3-14(10-16(15)32(29,30)24-5-7-31-8-6-24)23-17(26)11-25-20(27)18-12-1-2-13(9-12)19(18)21(25)28/h1-4,10,12-13,18-19H,5-9,11H2,(H,23,26). The first-order chi connectivity index (χ1) is 15.3. The predicted molar refractivity (Wildman–Crippen MR) is 114 cm³/mol. The van der Waals surface area contributed by atoms with Gasteiger partial charge in [0, 0.05) is 18.8 Å². The number of nitrogens with one attached hydrogen (secondary N) is 1. The molecule has 2 saturated heterocycles. The molecule has 2 heterocycles. The minimum absolute atomic E-state index is 0.0372. The second kappa shape index (κ2) is 7.95. The second-order valence-corrected chi connectivity index (χ2v) is 10.8. The van der Waals surface area contributed by atoms with Gasteiger partial charge < -0.3 is 10.1 Å². The summed E-state index contributed by atoms with van der Waals surface area (Å²) in [5.74, 6) is -1.80. The van der Waals surface area contributed by atoms with E-state index in [9.17, 15) is 22.8 Å². The summed E-state index contributed by atoms with van der Waals surface area (Å²) in [6, 6.07) is 4.16. The smallest absolute Gasteiger partial charge is 0.244 e. The van der Waals surface area contributed by atoms with Crippen LogP contribution in [0.25, 0.3) is 0 Å².